The van der Waals surface area contributed by atoms with Gasteiger partial charge in [-0.25, -0.2) is 4.98 Å². The molecule has 0 atom stereocenters. The average Bonchev–Trinajstić information content (AvgIpc) is 2.97. The summed E-state index contributed by atoms with van der Waals surface area (Å²) in [7, 11) is 3.11. The maximum atomic E-state index is 12.5. The Morgan fingerprint density at radius 2 is 1.65 bits per heavy atom. The van der Waals surface area contributed by atoms with E-state index in [1.54, 1.807) is 38.6 Å². The van der Waals surface area contributed by atoms with Crippen LogP contribution in [0.15, 0.2) is 36.5 Å². The van der Waals surface area contributed by atoms with E-state index in [4.69, 9.17) is 9.47 Å². The Morgan fingerprint density at radius 1 is 1.00 bits per heavy atom. The minimum absolute atomic E-state index is 0.230. The van der Waals surface area contributed by atoms with Gasteiger partial charge in [0.1, 0.15) is 17.3 Å². The van der Waals surface area contributed by atoms with E-state index in [1.807, 2.05) is 12.1 Å². The van der Waals surface area contributed by atoms with Crippen molar-refractivity contribution in [3.63, 3.8) is 0 Å². The van der Waals surface area contributed by atoms with Gasteiger partial charge in [0.2, 0.25) is 0 Å². The van der Waals surface area contributed by atoms with Crippen molar-refractivity contribution in [3.05, 3.63) is 42.1 Å². The van der Waals surface area contributed by atoms with Crippen LogP contribution in [0.3, 0.4) is 0 Å². The summed E-state index contributed by atoms with van der Waals surface area (Å²) >= 11 is 0. The summed E-state index contributed by atoms with van der Waals surface area (Å²) in [6, 6.07) is 8.94. The first kappa shape index (κ1) is 18.0. The summed E-state index contributed by atoms with van der Waals surface area (Å²) in [6.07, 6.45) is 6.69. The van der Waals surface area contributed by atoms with Gasteiger partial charge in [-0.15, -0.1) is 0 Å². The lowest BCUT2D eigenvalue weighted by atomic mass is 10.2. The third-order valence-electron chi connectivity index (χ3n) is 4.55. The number of hydrogen-bond donors (Lipinski definition) is 1. The topological polar surface area (TPSA) is 63.7 Å². The van der Waals surface area contributed by atoms with E-state index in [0.29, 0.717) is 22.7 Å². The molecule has 0 aliphatic carbocycles. The summed E-state index contributed by atoms with van der Waals surface area (Å²) < 4.78 is 10.4. The second-order valence-corrected chi connectivity index (χ2v) is 6.36. The van der Waals surface area contributed by atoms with Crippen molar-refractivity contribution in [2.75, 3.05) is 37.5 Å². The number of carbonyl (C=O) groups is 1. The highest BCUT2D eigenvalue weighted by Crippen LogP contribution is 2.24. The molecule has 0 bridgehead atoms. The molecule has 1 aliphatic rings. The minimum Gasteiger partial charge on any atom is -0.497 e. The number of carbonyl (C=O) groups excluding carboxylic acids is 1. The van der Waals surface area contributed by atoms with Crippen LogP contribution in [0.25, 0.3) is 0 Å². The first-order valence-corrected chi connectivity index (χ1v) is 8.95. The van der Waals surface area contributed by atoms with Gasteiger partial charge in [-0.3, -0.25) is 4.79 Å². The number of pyridine rings is 1. The fourth-order valence-corrected chi connectivity index (χ4v) is 3.09. The Kier molecular flexibility index (Phi) is 5.94. The lowest BCUT2D eigenvalue weighted by Crippen LogP contribution is -2.24. The molecular formula is C20H25N3O3. The number of aromatic nitrogens is 1. The van der Waals surface area contributed by atoms with E-state index >= 15 is 0 Å². The highest BCUT2D eigenvalue weighted by atomic mass is 16.5. The third kappa shape index (κ3) is 4.45. The summed E-state index contributed by atoms with van der Waals surface area (Å²) in [5.41, 5.74) is 1.13. The van der Waals surface area contributed by atoms with Crippen LogP contribution in [0.2, 0.25) is 0 Å². The van der Waals surface area contributed by atoms with Gasteiger partial charge >= 0.3 is 0 Å². The molecule has 1 fully saturated rings. The van der Waals surface area contributed by atoms with Gasteiger partial charge in [0.15, 0.2) is 0 Å². The van der Waals surface area contributed by atoms with Crippen LogP contribution < -0.4 is 19.7 Å². The molecule has 1 aliphatic heterocycles. The molecule has 3 rings (SSSR count). The zero-order valence-electron chi connectivity index (χ0n) is 15.3. The van der Waals surface area contributed by atoms with Crippen molar-refractivity contribution in [2.24, 2.45) is 0 Å². The lowest BCUT2D eigenvalue weighted by Gasteiger charge is -2.21. The van der Waals surface area contributed by atoms with Crippen molar-refractivity contribution in [3.8, 4) is 11.5 Å². The molecule has 6 heteroatoms. The lowest BCUT2D eigenvalue weighted by molar-refractivity contribution is 0.102. The number of benzene rings is 1. The Hall–Kier alpha value is -2.76. The van der Waals surface area contributed by atoms with Crippen LogP contribution in [0.5, 0.6) is 11.5 Å². The van der Waals surface area contributed by atoms with Gasteiger partial charge in [0, 0.05) is 24.7 Å². The van der Waals surface area contributed by atoms with Gasteiger partial charge in [-0.05, 0) is 37.1 Å². The van der Waals surface area contributed by atoms with Gasteiger partial charge in [0.05, 0.1) is 26.1 Å². The summed E-state index contributed by atoms with van der Waals surface area (Å²) in [4.78, 5) is 19.4. The second kappa shape index (κ2) is 8.56. The molecule has 6 nitrogen and oxygen atoms in total. The Labute approximate surface area is 154 Å². The zero-order valence-corrected chi connectivity index (χ0v) is 15.3. The smallest absolute Gasteiger partial charge is 0.255 e. The van der Waals surface area contributed by atoms with Crippen LogP contribution in [-0.4, -0.2) is 38.2 Å². The second-order valence-electron chi connectivity index (χ2n) is 6.36. The molecule has 26 heavy (non-hydrogen) atoms. The van der Waals surface area contributed by atoms with Crippen molar-refractivity contribution in [1.29, 1.82) is 0 Å². The molecule has 0 unspecified atom stereocenters. The van der Waals surface area contributed by atoms with Gasteiger partial charge in [-0.2, -0.15) is 0 Å². The van der Waals surface area contributed by atoms with Gasteiger partial charge in [0.25, 0.3) is 5.91 Å². The van der Waals surface area contributed by atoms with E-state index in [1.165, 1.54) is 25.7 Å². The molecule has 1 N–H and O–H groups in total. The Balaban J connectivity index is 1.69. The summed E-state index contributed by atoms with van der Waals surface area (Å²) in [6.45, 7) is 2.09. The molecule has 0 saturated carbocycles. The van der Waals surface area contributed by atoms with Crippen LogP contribution in [0.4, 0.5) is 11.5 Å². The SMILES string of the molecule is COc1cc(OC)cc(C(=O)Nc2ccc(N3CCCCCC3)nc2)c1. The van der Waals surface area contributed by atoms with Gasteiger partial charge in [-0.1, -0.05) is 12.8 Å². The first-order chi connectivity index (χ1) is 12.7. The van der Waals surface area contributed by atoms with E-state index < -0.39 is 0 Å². The molecule has 1 saturated heterocycles. The van der Waals surface area contributed by atoms with Crippen molar-refractivity contribution in [2.45, 2.75) is 25.7 Å². The molecule has 2 heterocycles. The third-order valence-corrected chi connectivity index (χ3v) is 4.55. The summed E-state index contributed by atoms with van der Waals surface area (Å²) in [5, 5.41) is 2.87. The number of nitrogens with zero attached hydrogens (tertiary/aromatic N) is 2. The Morgan fingerprint density at radius 3 is 2.19 bits per heavy atom. The number of anilines is 2. The number of ether oxygens (including phenoxy) is 2. The van der Waals surface area contributed by atoms with Crippen molar-refractivity contribution < 1.29 is 14.3 Å². The molecule has 1 aromatic heterocycles. The standard InChI is InChI=1S/C20H25N3O3/c1-25-17-11-15(12-18(13-17)26-2)20(24)22-16-7-8-19(21-14-16)23-9-5-3-4-6-10-23/h7-8,11-14H,3-6,9-10H2,1-2H3,(H,22,24). The fraction of sp³-hybridized carbons (Fsp3) is 0.400. The molecule has 1 amide bonds. The van der Waals surface area contributed by atoms with E-state index in [-0.39, 0.29) is 5.91 Å². The van der Waals surface area contributed by atoms with Crippen LogP contribution in [0, 0.1) is 0 Å². The summed E-state index contributed by atoms with van der Waals surface area (Å²) in [5.74, 6) is 1.88. The Bertz CT molecular complexity index is 716. The van der Waals surface area contributed by atoms with E-state index in [0.717, 1.165) is 18.9 Å². The fourth-order valence-electron chi connectivity index (χ4n) is 3.09. The maximum Gasteiger partial charge on any atom is 0.255 e. The number of hydrogen-bond acceptors (Lipinski definition) is 5. The molecule has 0 spiro atoms. The minimum atomic E-state index is -0.230. The predicted molar refractivity (Wildman–Crippen MR) is 102 cm³/mol. The molecule has 138 valence electrons. The highest BCUT2D eigenvalue weighted by Gasteiger charge is 2.13. The van der Waals surface area contributed by atoms with E-state index in [9.17, 15) is 4.79 Å². The van der Waals surface area contributed by atoms with Crippen molar-refractivity contribution in [1.82, 2.24) is 4.98 Å². The van der Waals surface area contributed by atoms with Crippen molar-refractivity contribution >= 4 is 17.4 Å². The first-order valence-electron chi connectivity index (χ1n) is 8.95. The largest absolute Gasteiger partial charge is 0.497 e. The monoisotopic (exact) mass is 355 g/mol. The van der Waals surface area contributed by atoms with Crippen LogP contribution >= 0.6 is 0 Å². The number of methoxy groups -OCH3 is 2. The van der Waals surface area contributed by atoms with Gasteiger partial charge < -0.3 is 19.7 Å². The highest BCUT2D eigenvalue weighted by molar-refractivity contribution is 6.04. The van der Waals surface area contributed by atoms with E-state index in [2.05, 4.69) is 15.2 Å². The van der Waals surface area contributed by atoms with Crippen LogP contribution in [-0.2, 0) is 0 Å². The number of nitrogens with one attached hydrogen (secondary N) is 1. The zero-order chi connectivity index (χ0) is 18.4. The molecule has 1 aromatic carbocycles. The molecule has 0 radical (unpaired) electrons. The molecular weight excluding hydrogens is 330 g/mol. The number of rotatable bonds is 5. The average molecular weight is 355 g/mol. The van der Waals surface area contributed by atoms with Crippen LogP contribution in [0.1, 0.15) is 36.0 Å². The maximum absolute atomic E-state index is 12.5. The normalized spacial score (nSPS) is 14.5. The number of amides is 1. The quantitative estimate of drug-likeness (QED) is 0.885. The molecule has 2 aromatic rings. The predicted octanol–water partition coefficient (Wildman–Crippen LogP) is 3.73.